The molecule has 4 aromatic rings. The van der Waals surface area contributed by atoms with Gasteiger partial charge in [-0.2, -0.15) is 0 Å². The van der Waals surface area contributed by atoms with Crippen molar-refractivity contribution in [3.63, 3.8) is 0 Å². The fourth-order valence-corrected chi connectivity index (χ4v) is 2.59. The van der Waals surface area contributed by atoms with Crippen molar-refractivity contribution in [1.29, 1.82) is 0 Å². The van der Waals surface area contributed by atoms with E-state index in [1.807, 2.05) is 36.4 Å². The molecule has 2 aromatic carbocycles. The van der Waals surface area contributed by atoms with Crippen LogP contribution >= 0.6 is 0 Å². The molecule has 0 spiro atoms. The van der Waals surface area contributed by atoms with Crippen LogP contribution in [0.25, 0.3) is 33.3 Å². The van der Waals surface area contributed by atoms with E-state index in [-0.39, 0.29) is 5.43 Å². The van der Waals surface area contributed by atoms with Crippen molar-refractivity contribution in [2.45, 2.75) is 0 Å². The summed E-state index contributed by atoms with van der Waals surface area (Å²) in [5.74, 6) is 1.08. The second-order valence-electron chi connectivity index (χ2n) is 5.23. The second kappa shape index (κ2) is 5.25. The Balaban J connectivity index is 1.92. The molecule has 0 saturated carbocycles. The fourth-order valence-electron chi connectivity index (χ4n) is 2.59. The number of ether oxygens (including phenoxy) is 1. The predicted octanol–water partition coefficient (Wildman–Crippen LogP) is 4.02. The Hall–Kier alpha value is -3.14. The molecule has 0 N–H and O–H groups in total. The zero-order chi connectivity index (χ0) is 15.8. The third kappa shape index (κ3) is 2.34. The Labute approximate surface area is 132 Å². The quantitative estimate of drug-likeness (QED) is 0.561. The third-order valence-electron chi connectivity index (χ3n) is 3.79. The highest BCUT2D eigenvalue weighted by molar-refractivity contribution is 5.83. The Bertz CT molecular complexity index is 1080. The molecule has 0 fully saturated rings. The second-order valence-corrected chi connectivity index (χ2v) is 5.23. The van der Waals surface area contributed by atoms with E-state index in [1.165, 1.54) is 6.07 Å². The summed E-state index contributed by atoms with van der Waals surface area (Å²) in [4.78, 5) is 16.9. The first-order chi connectivity index (χ1) is 11.2. The largest absolute Gasteiger partial charge is 0.497 e. The van der Waals surface area contributed by atoms with Gasteiger partial charge in [-0.3, -0.25) is 4.79 Å². The Kier molecular flexibility index (Phi) is 3.08. The number of nitrogens with zero attached hydrogens (tertiary/aromatic N) is 1. The molecule has 0 amide bonds. The molecular weight excluding hydrogens is 290 g/mol. The Morgan fingerprint density at radius 1 is 1.00 bits per heavy atom. The lowest BCUT2D eigenvalue weighted by Gasteiger charge is -2.05. The van der Waals surface area contributed by atoms with Gasteiger partial charge < -0.3 is 9.15 Å². The molecule has 4 rings (SSSR count). The molecule has 0 atom stereocenters. The molecular formula is C19H13NO3. The monoisotopic (exact) mass is 303 g/mol. The summed E-state index contributed by atoms with van der Waals surface area (Å²) in [5, 5.41) is 1.54. The number of fused-ring (bicyclic) bond motifs is 2. The lowest BCUT2D eigenvalue weighted by Crippen LogP contribution is -2.01. The van der Waals surface area contributed by atoms with Crippen LogP contribution in [-0.2, 0) is 0 Å². The van der Waals surface area contributed by atoms with Crippen LogP contribution in [0.2, 0.25) is 0 Å². The van der Waals surface area contributed by atoms with E-state index in [9.17, 15) is 4.79 Å². The topological polar surface area (TPSA) is 52.3 Å². The van der Waals surface area contributed by atoms with Crippen molar-refractivity contribution >= 4 is 21.9 Å². The summed E-state index contributed by atoms with van der Waals surface area (Å²) in [6, 6.07) is 18.3. The first kappa shape index (κ1) is 13.5. The van der Waals surface area contributed by atoms with Crippen molar-refractivity contribution in [3.05, 3.63) is 70.9 Å². The van der Waals surface area contributed by atoms with Gasteiger partial charge in [0.2, 0.25) is 0 Å². The van der Waals surface area contributed by atoms with E-state index in [4.69, 9.17) is 9.15 Å². The highest BCUT2D eigenvalue weighted by Gasteiger charge is 2.09. The molecule has 23 heavy (non-hydrogen) atoms. The first-order valence-electron chi connectivity index (χ1n) is 7.23. The van der Waals surface area contributed by atoms with Crippen LogP contribution in [0.3, 0.4) is 0 Å². The first-order valence-corrected chi connectivity index (χ1v) is 7.23. The minimum Gasteiger partial charge on any atom is -0.497 e. The normalized spacial score (nSPS) is 11.0. The molecule has 0 unspecified atom stereocenters. The molecule has 4 nitrogen and oxygen atoms in total. The maximum absolute atomic E-state index is 12.4. The maximum Gasteiger partial charge on any atom is 0.193 e. The summed E-state index contributed by atoms with van der Waals surface area (Å²) >= 11 is 0. The van der Waals surface area contributed by atoms with Crippen LogP contribution in [0.4, 0.5) is 0 Å². The molecule has 0 radical (unpaired) electrons. The number of benzene rings is 2. The summed E-state index contributed by atoms with van der Waals surface area (Å²) < 4.78 is 11.0. The number of methoxy groups -OCH3 is 1. The van der Waals surface area contributed by atoms with Crippen LogP contribution in [0.1, 0.15) is 0 Å². The van der Waals surface area contributed by atoms with Gasteiger partial charge in [0.25, 0.3) is 0 Å². The van der Waals surface area contributed by atoms with E-state index in [2.05, 4.69) is 4.98 Å². The lowest BCUT2D eigenvalue weighted by atomic mass is 10.1. The van der Waals surface area contributed by atoms with Crippen molar-refractivity contribution in [1.82, 2.24) is 4.98 Å². The minimum absolute atomic E-state index is 0.116. The van der Waals surface area contributed by atoms with Crippen LogP contribution in [0.15, 0.2) is 69.9 Å². The van der Waals surface area contributed by atoms with Crippen LogP contribution < -0.4 is 10.2 Å². The molecule has 0 saturated heterocycles. The SMILES string of the molecule is COc1ccc2oc(-c3ccc4ccccc4n3)cc(=O)c2c1. The van der Waals surface area contributed by atoms with Gasteiger partial charge in [0.05, 0.1) is 18.0 Å². The summed E-state index contributed by atoms with van der Waals surface area (Å²) in [5.41, 5.74) is 1.90. The average Bonchev–Trinajstić information content (AvgIpc) is 2.61. The third-order valence-corrected chi connectivity index (χ3v) is 3.79. The Morgan fingerprint density at radius 2 is 1.87 bits per heavy atom. The van der Waals surface area contributed by atoms with Crippen molar-refractivity contribution in [3.8, 4) is 17.2 Å². The van der Waals surface area contributed by atoms with Crippen molar-refractivity contribution < 1.29 is 9.15 Å². The molecule has 4 heteroatoms. The number of rotatable bonds is 2. The zero-order valence-corrected chi connectivity index (χ0v) is 12.4. The Morgan fingerprint density at radius 3 is 2.74 bits per heavy atom. The standard InChI is InChI=1S/C19H13NO3/c1-22-13-7-9-18-14(10-13)17(21)11-19(23-18)16-8-6-12-4-2-3-5-15(12)20-16/h2-11H,1H3. The van der Waals surface area contributed by atoms with Gasteiger partial charge in [0.1, 0.15) is 17.0 Å². The predicted molar refractivity (Wildman–Crippen MR) is 89.8 cm³/mol. The van der Waals surface area contributed by atoms with E-state index in [0.717, 1.165) is 10.9 Å². The van der Waals surface area contributed by atoms with Gasteiger partial charge >= 0.3 is 0 Å². The van der Waals surface area contributed by atoms with E-state index in [1.54, 1.807) is 25.3 Å². The van der Waals surface area contributed by atoms with Crippen molar-refractivity contribution in [2.24, 2.45) is 0 Å². The highest BCUT2D eigenvalue weighted by atomic mass is 16.5. The minimum atomic E-state index is -0.116. The van der Waals surface area contributed by atoms with Crippen LogP contribution in [0, 0.1) is 0 Å². The molecule has 2 heterocycles. The van der Waals surface area contributed by atoms with Gasteiger partial charge in [-0.1, -0.05) is 24.3 Å². The molecule has 2 aromatic heterocycles. The molecule has 0 aliphatic carbocycles. The van der Waals surface area contributed by atoms with E-state index in [0.29, 0.717) is 28.2 Å². The van der Waals surface area contributed by atoms with E-state index >= 15 is 0 Å². The molecule has 0 bridgehead atoms. The fraction of sp³-hybridized carbons (Fsp3) is 0.0526. The van der Waals surface area contributed by atoms with Crippen molar-refractivity contribution in [2.75, 3.05) is 7.11 Å². The molecule has 112 valence electrons. The summed E-state index contributed by atoms with van der Waals surface area (Å²) in [6.07, 6.45) is 0. The van der Waals surface area contributed by atoms with Gasteiger partial charge in [-0.25, -0.2) is 4.98 Å². The summed E-state index contributed by atoms with van der Waals surface area (Å²) in [7, 11) is 1.57. The number of hydrogen-bond acceptors (Lipinski definition) is 4. The van der Waals surface area contributed by atoms with Gasteiger partial charge in [-0.05, 0) is 30.3 Å². The maximum atomic E-state index is 12.4. The van der Waals surface area contributed by atoms with Gasteiger partial charge in [-0.15, -0.1) is 0 Å². The average molecular weight is 303 g/mol. The van der Waals surface area contributed by atoms with Crippen LogP contribution in [0.5, 0.6) is 5.75 Å². The number of hydrogen-bond donors (Lipinski definition) is 0. The molecule has 0 aliphatic rings. The summed E-state index contributed by atoms with van der Waals surface area (Å²) in [6.45, 7) is 0. The van der Waals surface area contributed by atoms with Gasteiger partial charge in [0.15, 0.2) is 11.2 Å². The van der Waals surface area contributed by atoms with Crippen LogP contribution in [-0.4, -0.2) is 12.1 Å². The van der Waals surface area contributed by atoms with Gasteiger partial charge in [0, 0.05) is 11.5 Å². The highest BCUT2D eigenvalue weighted by Crippen LogP contribution is 2.25. The number of para-hydroxylation sites is 1. The smallest absolute Gasteiger partial charge is 0.193 e. The van der Waals surface area contributed by atoms with E-state index < -0.39 is 0 Å². The number of pyridine rings is 1. The molecule has 0 aliphatic heterocycles. The number of aromatic nitrogens is 1. The lowest BCUT2D eigenvalue weighted by molar-refractivity contribution is 0.415. The zero-order valence-electron chi connectivity index (χ0n) is 12.4.